The highest BCUT2D eigenvalue weighted by Gasteiger charge is 2.24. The van der Waals surface area contributed by atoms with Gasteiger partial charge in [0, 0.05) is 29.8 Å². The van der Waals surface area contributed by atoms with Crippen molar-refractivity contribution in [2.75, 3.05) is 5.32 Å². The van der Waals surface area contributed by atoms with E-state index in [4.69, 9.17) is 5.73 Å². The highest BCUT2D eigenvalue weighted by Crippen LogP contribution is 2.26. The monoisotopic (exact) mass is 317 g/mol. The summed E-state index contributed by atoms with van der Waals surface area (Å²) in [5, 5.41) is 5.73. The van der Waals surface area contributed by atoms with Gasteiger partial charge < -0.3 is 16.4 Å². The molecule has 2 atom stereocenters. The van der Waals surface area contributed by atoms with E-state index in [1.54, 1.807) is 24.3 Å². The van der Waals surface area contributed by atoms with Gasteiger partial charge in [-0.2, -0.15) is 0 Å². The van der Waals surface area contributed by atoms with Crippen molar-refractivity contribution in [3.63, 3.8) is 0 Å². The molecule has 0 spiro atoms. The predicted octanol–water partition coefficient (Wildman–Crippen LogP) is 2.67. The molecular weight excluding hydrogens is 290 g/mol. The molecule has 1 fully saturated rings. The Morgan fingerprint density at radius 1 is 1.17 bits per heavy atom. The molecule has 0 saturated heterocycles. The predicted molar refractivity (Wildman–Crippen MR) is 92.2 cm³/mol. The fraction of sp³-hybridized carbons (Fsp3) is 0.556. The van der Waals surface area contributed by atoms with Crippen LogP contribution in [0.5, 0.6) is 0 Å². The maximum Gasteiger partial charge on any atom is 0.251 e. The Balaban J connectivity index is 1.87. The number of hydrogen-bond donors (Lipinski definition) is 3. The molecule has 0 bridgehead atoms. The number of nitrogens with one attached hydrogen (secondary N) is 2. The number of anilines is 1. The number of carbonyl (C=O) groups is 2. The van der Waals surface area contributed by atoms with Gasteiger partial charge >= 0.3 is 0 Å². The summed E-state index contributed by atoms with van der Waals surface area (Å²) in [5.74, 6) is 0.164. The lowest BCUT2D eigenvalue weighted by Gasteiger charge is -2.27. The van der Waals surface area contributed by atoms with Crippen LogP contribution >= 0.6 is 0 Å². The van der Waals surface area contributed by atoms with E-state index in [1.165, 1.54) is 6.42 Å². The van der Waals surface area contributed by atoms with Crippen LogP contribution in [0.15, 0.2) is 24.3 Å². The molecule has 0 aliphatic heterocycles. The van der Waals surface area contributed by atoms with Crippen LogP contribution in [0.1, 0.15) is 56.3 Å². The van der Waals surface area contributed by atoms with E-state index in [0.717, 1.165) is 19.3 Å². The zero-order valence-electron chi connectivity index (χ0n) is 14.0. The molecule has 5 nitrogen and oxygen atoms in total. The number of carbonyl (C=O) groups excluding carboxylic acids is 2. The third-order valence-electron chi connectivity index (χ3n) is 4.27. The van der Waals surface area contributed by atoms with Gasteiger partial charge in [0.2, 0.25) is 5.91 Å². The topological polar surface area (TPSA) is 84.2 Å². The van der Waals surface area contributed by atoms with Crippen LogP contribution in [0.2, 0.25) is 0 Å². The lowest BCUT2D eigenvalue weighted by molar-refractivity contribution is -0.117. The first kappa shape index (κ1) is 17.5. The van der Waals surface area contributed by atoms with E-state index in [1.807, 2.05) is 13.8 Å². The van der Waals surface area contributed by atoms with Crippen LogP contribution in [0.25, 0.3) is 0 Å². The fourth-order valence-electron chi connectivity index (χ4n) is 2.99. The lowest BCUT2D eigenvalue weighted by Crippen LogP contribution is -2.35. The largest absolute Gasteiger partial charge is 0.350 e. The second-order valence-corrected chi connectivity index (χ2v) is 6.67. The molecule has 1 aromatic rings. The first-order valence-corrected chi connectivity index (χ1v) is 8.42. The van der Waals surface area contributed by atoms with Crippen LogP contribution in [-0.4, -0.2) is 23.9 Å². The molecule has 126 valence electrons. The standard InChI is InChI=1S/C18H27N3O2/c1-12(2)20-18(23)13-7-9-15(10-8-13)21-17(22)11-14-5-3-4-6-16(14)19/h7-10,12,14,16H,3-6,11,19H2,1-2H3,(H,20,23)(H,21,22). The van der Waals surface area contributed by atoms with Crippen molar-refractivity contribution in [1.29, 1.82) is 0 Å². The minimum absolute atomic E-state index is 0.00766. The maximum absolute atomic E-state index is 12.1. The second-order valence-electron chi connectivity index (χ2n) is 6.67. The quantitative estimate of drug-likeness (QED) is 0.780. The van der Waals surface area contributed by atoms with Gasteiger partial charge in [-0.3, -0.25) is 9.59 Å². The minimum atomic E-state index is -0.106. The first-order chi connectivity index (χ1) is 11.0. The molecule has 1 aromatic carbocycles. The zero-order valence-corrected chi connectivity index (χ0v) is 14.0. The van der Waals surface area contributed by atoms with Gasteiger partial charge in [0.1, 0.15) is 0 Å². The summed E-state index contributed by atoms with van der Waals surface area (Å²) < 4.78 is 0. The van der Waals surface area contributed by atoms with Gasteiger partial charge in [0.15, 0.2) is 0 Å². The number of rotatable bonds is 5. The van der Waals surface area contributed by atoms with Crippen molar-refractivity contribution < 1.29 is 9.59 Å². The number of nitrogens with two attached hydrogens (primary N) is 1. The fourth-order valence-corrected chi connectivity index (χ4v) is 2.99. The van der Waals surface area contributed by atoms with E-state index >= 15 is 0 Å². The minimum Gasteiger partial charge on any atom is -0.350 e. The average molecular weight is 317 g/mol. The van der Waals surface area contributed by atoms with Crippen LogP contribution in [0.4, 0.5) is 5.69 Å². The molecule has 2 rings (SSSR count). The van der Waals surface area contributed by atoms with Crippen molar-refractivity contribution in [1.82, 2.24) is 5.32 Å². The average Bonchev–Trinajstić information content (AvgIpc) is 2.49. The summed E-state index contributed by atoms with van der Waals surface area (Å²) in [6, 6.07) is 7.19. The molecule has 2 amide bonds. The Kier molecular flexibility index (Phi) is 6.16. The molecule has 0 radical (unpaired) electrons. The number of amides is 2. The maximum atomic E-state index is 12.1. The van der Waals surface area contributed by atoms with Crippen LogP contribution in [0.3, 0.4) is 0 Å². The molecule has 2 unspecified atom stereocenters. The van der Waals surface area contributed by atoms with Gasteiger partial charge in [-0.1, -0.05) is 12.8 Å². The Labute approximate surface area is 138 Å². The summed E-state index contributed by atoms with van der Waals surface area (Å²) in [6.07, 6.45) is 4.84. The molecule has 4 N–H and O–H groups in total. The normalized spacial score (nSPS) is 21.0. The van der Waals surface area contributed by atoms with Crippen LogP contribution in [-0.2, 0) is 4.79 Å². The molecule has 5 heteroatoms. The molecule has 1 aliphatic rings. The van der Waals surface area contributed by atoms with Crippen LogP contribution in [0, 0.1) is 5.92 Å². The van der Waals surface area contributed by atoms with Crippen molar-refractivity contribution in [3.8, 4) is 0 Å². The Morgan fingerprint density at radius 2 is 1.83 bits per heavy atom. The van der Waals surface area contributed by atoms with Gasteiger partial charge in [0.25, 0.3) is 5.91 Å². The Morgan fingerprint density at radius 3 is 2.43 bits per heavy atom. The van der Waals surface area contributed by atoms with Crippen molar-refractivity contribution in [2.45, 2.75) is 58.0 Å². The van der Waals surface area contributed by atoms with E-state index in [9.17, 15) is 9.59 Å². The van der Waals surface area contributed by atoms with E-state index in [-0.39, 0.29) is 29.8 Å². The molecule has 1 saturated carbocycles. The second kappa shape index (κ2) is 8.11. The van der Waals surface area contributed by atoms with Crippen molar-refractivity contribution in [3.05, 3.63) is 29.8 Å². The van der Waals surface area contributed by atoms with Crippen molar-refractivity contribution in [2.24, 2.45) is 11.7 Å². The molecule has 1 aliphatic carbocycles. The van der Waals surface area contributed by atoms with E-state index < -0.39 is 0 Å². The Hall–Kier alpha value is -1.88. The summed E-state index contributed by atoms with van der Waals surface area (Å²) in [6.45, 7) is 3.84. The first-order valence-electron chi connectivity index (χ1n) is 8.42. The summed E-state index contributed by atoms with van der Waals surface area (Å²) in [4.78, 5) is 24.0. The van der Waals surface area contributed by atoms with Crippen molar-refractivity contribution >= 4 is 17.5 Å². The molecule has 0 heterocycles. The third-order valence-corrected chi connectivity index (χ3v) is 4.27. The summed E-state index contributed by atoms with van der Waals surface area (Å²) >= 11 is 0. The third kappa shape index (κ3) is 5.36. The lowest BCUT2D eigenvalue weighted by atomic mass is 9.83. The number of benzene rings is 1. The zero-order chi connectivity index (χ0) is 16.8. The van der Waals surface area contributed by atoms with Gasteiger partial charge in [-0.25, -0.2) is 0 Å². The smallest absolute Gasteiger partial charge is 0.251 e. The van der Waals surface area contributed by atoms with Gasteiger partial charge in [0.05, 0.1) is 0 Å². The highest BCUT2D eigenvalue weighted by molar-refractivity contribution is 5.96. The van der Waals surface area contributed by atoms with Gasteiger partial charge in [-0.05, 0) is 56.9 Å². The summed E-state index contributed by atoms with van der Waals surface area (Å²) in [7, 11) is 0. The SMILES string of the molecule is CC(C)NC(=O)c1ccc(NC(=O)CC2CCCCC2N)cc1. The van der Waals surface area contributed by atoms with Gasteiger partial charge in [-0.15, -0.1) is 0 Å². The highest BCUT2D eigenvalue weighted by atomic mass is 16.2. The molecule has 0 aromatic heterocycles. The molecule has 23 heavy (non-hydrogen) atoms. The van der Waals surface area contributed by atoms with Crippen LogP contribution < -0.4 is 16.4 Å². The Bertz CT molecular complexity index is 540. The molecular formula is C18H27N3O2. The van der Waals surface area contributed by atoms with E-state index in [0.29, 0.717) is 17.7 Å². The summed E-state index contributed by atoms with van der Waals surface area (Å²) in [5.41, 5.74) is 7.39. The number of hydrogen-bond acceptors (Lipinski definition) is 3. The van der Waals surface area contributed by atoms with E-state index in [2.05, 4.69) is 10.6 Å².